The van der Waals surface area contributed by atoms with Crippen LogP contribution in [-0.4, -0.2) is 41.8 Å². The van der Waals surface area contributed by atoms with Crippen LogP contribution >= 0.6 is 0 Å². The zero-order valence-corrected chi connectivity index (χ0v) is 15.6. The minimum atomic E-state index is -0.412. The number of hydrogen-bond acceptors (Lipinski definition) is 3. The summed E-state index contributed by atoms with van der Waals surface area (Å²) < 4.78 is 5.52. The van der Waals surface area contributed by atoms with E-state index in [0.717, 1.165) is 31.8 Å². The Kier molecular flexibility index (Phi) is 6.75. The molecule has 2 rings (SSSR count). The highest BCUT2D eigenvalue weighted by Crippen LogP contribution is 2.26. The van der Waals surface area contributed by atoms with Gasteiger partial charge in [-0.2, -0.15) is 0 Å². The van der Waals surface area contributed by atoms with E-state index in [0.29, 0.717) is 12.1 Å². The van der Waals surface area contributed by atoms with Crippen molar-refractivity contribution in [2.75, 3.05) is 13.1 Å². The van der Waals surface area contributed by atoms with Crippen LogP contribution in [0.1, 0.15) is 79.1 Å². The average molecular weight is 325 g/mol. The predicted molar refractivity (Wildman–Crippen MR) is 94.6 cm³/mol. The van der Waals surface area contributed by atoms with Crippen LogP contribution in [0.3, 0.4) is 0 Å². The topological polar surface area (TPSA) is 41.6 Å². The van der Waals surface area contributed by atoms with Gasteiger partial charge in [-0.05, 0) is 59.3 Å². The monoisotopic (exact) mass is 324 g/mol. The first kappa shape index (κ1) is 18.6. The Morgan fingerprint density at radius 2 is 1.74 bits per heavy atom. The number of carbonyl (C=O) groups is 1. The Morgan fingerprint density at radius 1 is 1.09 bits per heavy atom. The van der Waals surface area contributed by atoms with E-state index >= 15 is 0 Å². The molecule has 1 amide bonds. The molecule has 1 saturated carbocycles. The number of nitrogens with one attached hydrogen (secondary N) is 1. The van der Waals surface area contributed by atoms with Crippen molar-refractivity contribution in [2.24, 2.45) is 5.92 Å². The van der Waals surface area contributed by atoms with Crippen LogP contribution in [0.2, 0.25) is 0 Å². The van der Waals surface area contributed by atoms with Gasteiger partial charge in [0.25, 0.3) is 0 Å². The van der Waals surface area contributed by atoms with Crippen LogP contribution < -0.4 is 5.32 Å². The maximum atomic E-state index is 12.3. The van der Waals surface area contributed by atoms with Gasteiger partial charge in [-0.15, -0.1) is 0 Å². The van der Waals surface area contributed by atoms with Crippen molar-refractivity contribution in [3.63, 3.8) is 0 Å². The second-order valence-electron chi connectivity index (χ2n) is 8.47. The van der Waals surface area contributed by atoms with Crippen LogP contribution in [-0.2, 0) is 4.74 Å². The van der Waals surface area contributed by atoms with E-state index in [4.69, 9.17) is 4.74 Å². The fraction of sp³-hybridized carbons (Fsp3) is 0.947. The summed E-state index contributed by atoms with van der Waals surface area (Å²) in [6, 6.07) is 0.964. The lowest BCUT2D eigenvalue weighted by Crippen LogP contribution is -2.52. The Morgan fingerprint density at radius 3 is 2.35 bits per heavy atom. The summed E-state index contributed by atoms with van der Waals surface area (Å²) in [5, 5.41) is 3.81. The van der Waals surface area contributed by atoms with Crippen molar-refractivity contribution in [1.29, 1.82) is 0 Å². The summed E-state index contributed by atoms with van der Waals surface area (Å²) in [5.41, 5.74) is -0.412. The normalized spacial score (nSPS) is 25.7. The van der Waals surface area contributed by atoms with Crippen molar-refractivity contribution in [3.8, 4) is 0 Å². The summed E-state index contributed by atoms with van der Waals surface area (Å²) in [5.74, 6) is 0.800. The summed E-state index contributed by atoms with van der Waals surface area (Å²) in [7, 11) is 0. The first-order valence-electron chi connectivity index (χ1n) is 9.59. The molecule has 1 saturated heterocycles. The van der Waals surface area contributed by atoms with Gasteiger partial charge in [-0.3, -0.25) is 0 Å². The van der Waals surface area contributed by atoms with Crippen molar-refractivity contribution >= 4 is 6.09 Å². The van der Waals surface area contributed by atoms with E-state index in [9.17, 15) is 4.79 Å². The molecule has 4 heteroatoms. The van der Waals surface area contributed by atoms with Gasteiger partial charge in [0.05, 0.1) is 0 Å². The summed E-state index contributed by atoms with van der Waals surface area (Å²) >= 11 is 0. The maximum absolute atomic E-state index is 12.3. The summed E-state index contributed by atoms with van der Waals surface area (Å²) in [6.07, 6.45) is 10.3. The van der Waals surface area contributed by atoms with E-state index in [2.05, 4.69) is 12.2 Å². The molecule has 0 spiro atoms. The molecule has 0 radical (unpaired) electrons. The molecular weight excluding hydrogens is 288 g/mol. The molecule has 134 valence electrons. The zero-order chi connectivity index (χ0) is 16.9. The molecule has 0 bridgehead atoms. The van der Waals surface area contributed by atoms with Gasteiger partial charge < -0.3 is 15.0 Å². The molecule has 1 unspecified atom stereocenters. The lowest BCUT2D eigenvalue weighted by Gasteiger charge is -2.37. The molecule has 0 aromatic rings. The van der Waals surface area contributed by atoms with Crippen LogP contribution in [0.5, 0.6) is 0 Å². The largest absolute Gasteiger partial charge is 0.444 e. The van der Waals surface area contributed by atoms with Crippen LogP contribution in [0.25, 0.3) is 0 Å². The summed E-state index contributed by atoms with van der Waals surface area (Å²) in [6.45, 7) is 9.73. The Labute approximate surface area is 142 Å². The number of rotatable bonds is 3. The van der Waals surface area contributed by atoms with Gasteiger partial charge >= 0.3 is 6.09 Å². The molecule has 2 aliphatic rings. The molecule has 2 fully saturated rings. The number of likely N-dealkylation sites (tertiary alicyclic amines) is 1. The highest BCUT2D eigenvalue weighted by Gasteiger charge is 2.29. The summed E-state index contributed by atoms with van der Waals surface area (Å²) in [4.78, 5) is 14.1. The fourth-order valence-electron chi connectivity index (χ4n) is 3.92. The van der Waals surface area contributed by atoms with Gasteiger partial charge in [0.1, 0.15) is 5.60 Å². The van der Waals surface area contributed by atoms with Crippen LogP contribution in [0.15, 0.2) is 0 Å². The lowest BCUT2D eigenvalue weighted by atomic mass is 9.91. The molecule has 1 N–H and O–H groups in total. The SMILES string of the molecule is C[C@@H](NC1CCCN(C(=O)OC(C)(C)C)C1)C1CCCCCC1. The zero-order valence-electron chi connectivity index (χ0n) is 15.6. The molecule has 23 heavy (non-hydrogen) atoms. The Hall–Kier alpha value is -0.770. The second kappa shape index (κ2) is 8.36. The minimum Gasteiger partial charge on any atom is -0.444 e. The molecule has 0 aromatic carbocycles. The van der Waals surface area contributed by atoms with Gasteiger partial charge in [0.15, 0.2) is 0 Å². The standard InChI is InChI=1S/C19H36N2O2/c1-15(16-10-7-5-6-8-11-16)20-17-12-9-13-21(14-17)18(22)23-19(2,3)4/h15-17,20H,5-14H2,1-4H3/t15-,17?/m1/s1. The first-order valence-corrected chi connectivity index (χ1v) is 9.59. The second-order valence-corrected chi connectivity index (χ2v) is 8.47. The van der Waals surface area contributed by atoms with E-state index in [1.165, 1.54) is 38.5 Å². The maximum Gasteiger partial charge on any atom is 0.410 e. The van der Waals surface area contributed by atoms with E-state index < -0.39 is 5.60 Å². The Bertz CT molecular complexity index is 370. The van der Waals surface area contributed by atoms with Crippen molar-refractivity contribution in [3.05, 3.63) is 0 Å². The van der Waals surface area contributed by atoms with Gasteiger partial charge in [-0.1, -0.05) is 25.7 Å². The van der Waals surface area contributed by atoms with Gasteiger partial charge in [-0.25, -0.2) is 4.79 Å². The average Bonchev–Trinajstić information content (AvgIpc) is 2.75. The Balaban J connectivity index is 1.82. The smallest absolute Gasteiger partial charge is 0.410 e. The highest BCUT2D eigenvalue weighted by molar-refractivity contribution is 5.68. The lowest BCUT2D eigenvalue weighted by molar-refractivity contribution is 0.0180. The molecule has 1 heterocycles. The first-order chi connectivity index (χ1) is 10.8. The van der Waals surface area contributed by atoms with Crippen molar-refractivity contribution in [1.82, 2.24) is 10.2 Å². The minimum absolute atomic E-state index is 0.161. The van der Waals surface area contributed by atoms with Crippen LogP contribution in [0, 0.1) is 5.92 Å². The highest BCUT2D eigenvalue weighted by atomic mass is 16.6. The van der Waals surface area contributed by atoms with Gasteiger partial charge in [0, 0.05) is 25.2 Å². The van der Waals surface area contributed by atoms with E-state index in [1.807, 2.05) is 25.7 Å². The molecular formula is C19H36N2O2. The molecule has 1 aliphatic carbocycles. The van der Waals surface area contributed by atoms with Crippen LogP contribution in [0.4, 0.5) is 4.79 Å². The number of carbonyl (C=O) groups excluding carboxylic acids is 1. The van der Waals surface area contributed by atoms with E-state index in [1.54, 1.807) is 0 Å². The molecule has 2 atom stereocenters. The molecule has 1 aliphatic heterocycles. The van der Waals surface area contributed by atoms with E-state index in [-0.39, 0.29) is 6.09 Å². The molecule has 4 nitrogen and oxygen atoms in total. The number of piperidine rings is 1. The van der Waals surface area contributed by atoms with Gasteiger partial charge in [0.2, 0.25) is 0 Å². The number of ether oxygens (including phenoxy) is 1. The van der Waals surface area contributed by atoms with Crippen molar-refractivity contribution in [2.45, 2.75) is 96.7 Å². The number of nitrogens with zero attached hydrogens (tertiary/aromatic N) is 1. The predicted octanol–water partition coefficient (Wildman–Crippen LogP) is 4.33. The number of hydrogen-bond donors (Lipinski definition) is 1. The molecule has 0 aromatic heterocycles. The number of amides is 1. The third-order valence-electron chi connectivity index (χ3n) is 5.18. The fourth-order valence-corrected chi connectivity index (χ4v) is 3.92. The third kappa shape index (κ3) is 6.33. The van der Waals surface area contributed by atoms with Crippen molar-refractivity contribution < 1.29 is 9.53 Å². The third-order valence-corrected chi connectivity index (χ3v) is 5.18. The quantitative estimate of drug-likeness (QED) is 0.785.